The molecule has 1 aliphatic heterocycles. The molecule has 5 nitrogen and oxygen atoms in total. The lowest BCUT2D eigenvalue weighted by Gasteiger charge is -2.33. The maximum atomic E-state index is 12.4. The number of aliphatic hydroxyl groups is 1. The molecule has 0 aromatic carbocycles. The van der Waals surface area contributed by atoms with Crippen LogP contribution in [0.15, 0.2) is 30.9 Å². The highest BCUT2D eigenvalue weighted by Crippen LogP contribution is 2.19. The second-order valence-corrected chi connectivity index (χ2v) is 6.27. The van der Waals surface area contributed by atoms with Crippen molar-refractivity contribution in [3.8, 4) is 0 Å². The van der Waals surface area contributed by atoms with E-state index in [-0.39, 0.29) is 17.9 Å². The number of aromatic nitrogens is 1. The molecule has 1 aliphatic rings. The van der Waals surface area contributed by atoms with Crippen molar-refractivity contribution in [2.45, 2.75) is 38.7 Å². The minimum absolute atomic E-state index is 0.0216. The average Bonchev–Trinajstić information content (AvgIpc) is 2.53. The Morgan fingerprint density at radius 3 is 3.17 bits per heavy atom. The molecule has 0 radical (unpaired) electrons. The molecular formula is C18H27N3O2. The number of carbonyl (C=O) groups is 1. The fourth-order valence-electron chi connectivity index (χ4n) is 2.98. The Labute approximate surface area is 138 Å². The molecule has 126 valence electrons. The lowest BCUT2D eigenvalue weighted by molar-refractivity contribution is -0.121. The van der Waals surface area contributed by atoms with Crippen LogP contribution in [0.3, 0.4) is 0 Å². The van der Waals surface area contributed by atoms with Crippen LogP contribution >= 0.6 is 0 Å². The van der Waals surface area contributed by atoms with Gasteiger partial charge in [0.15, 0.2) is 0 Å². The first-order valence-electron chi connectivity index (χ1n) is 8.34. The highest BCUT2D eigenvalue weighted by molar-refractivity contribution is 5.91. The standard InChI is InChI=1S/C18H27N3O2/c1-3-4-9-16(22)13-21-11-6-8-15(12-21)18(23)20-17-10-5-7-14(2)19-17/h3,5,7,10,15-16,22H,1,4,6,8-9,11-13H2,2H3,(H,19,20,23). The number of rotatable bonds is 7. The number of β-amino-alcohol motifs (C(OH)–C–C–N with tert-alkyl or cyclic N) is 1. The first-order valence-corrected chi connectivity index (χ1v) is 8.34. The first-order chi connectivity index (χ1) is 11.1. The maximum absolute atomic E-state index is 12.4. The van der Waals surface area contributed by atoms with Crippen LogP contribution in [0, 0.1) is 12.8 Å². The first kappa shape index (κ1) is 17.6. The number of piperidine rings is 1. The molecule has 5 heteroatoms. The van der Waals surface area contributed by atoms with E-state index in [1.54, 1.807) is 0 Å². The van der Waals surface area contributed by atoms with E-state index in [4.69, 9.17) is 0 Å². The van der Waals surface area contributed by atoms with E-state index in [1.807, 2.05) is 31.2 Å². The summed E-state index contributed by atoms with van der Waals surface area (Å²) in [4.78, 5) is 18.9. The molecular weight excluding hydrogens is 290 g/mol. The Kier molecular flexibility index (Phi) is 6.74. The normalized spacial score (nSPS) is 20.0. The largest absolute Gasteiger partial charge is 0.392 e. The number of nitrogens with one attached hydrogen (secondary N) is 1. The van der Waals surface area contributed by atoms with Gasteiger partial charge < -0.3 is 10.4 Å². The number of allylic oxidation sites excluding steroid dienone is 1. The number of amides is 1. The van der Waals surface area contributed by atoms with Crippen molar-refractivity contribution in [1.82, 2.24) is 9.88 Å². The van der Waals surface area contributed by atoms with Crippen LogP contribution in [-0.4, -0.2) is 46.6 Å². The van der Waals surface area contributed by atoms with Crippen LogP contribution in [0.5, 0.6) is 0 Å². The van der Waals surface area contributed by atoms with Crippen LogP contribution in [0.25, 0.3) is 0 Å². The predicted octanol–water partition coefficient (Wildman–Crippen LogP) is 2.37. The van der Waals surface area contributed by atoms with Gasteiger partial charge in [-0.05, 0) is 51.3 Å². The molecule has 1 aromatic heterocycles. The summed E-state index contributed by atoms with van der Waals surface area (Å²) in [7, 11) is 0. The fourth-order valence-corrected chi connectivity index (χ4v) is 2.98. The summed E-state index contributed by atoms with van der Waals surface area (Å²) >= 11 is 0. The van der Waals surface area contributed by atoms with Crippen molar-refractivity contribution in [1.29, 1.82) is 0 Å². The molecule has 2 N–H and O–H groups in total. The Balaban J connectivity index is 1.85. The third-order valence-corrected chi connectivity index (χ3v) is 4.19. The Morgan fingerprint density at radius 1 is 1.61 bits per heavy atom. The maximum Gasteiger partial charge on any atom is 0.229 e. The van der Waals surface area contributed by atoms with Gasteiger partial charge in [-0.3, -0.25) is 9.69 Å². The van der Waals surface area contributed by atoms with Gasteiger partial charge >= 0.3 is 0 Å². The second kappa shape index (κ2) is 8.79. The SMILES string of the molecule is C=CCCC(O)CN1CCCC(C(=O)Nc2cccc(C)n2)C1. The lowest BCUT2D eigenvalue weighted by atomic mass is 9.96. The summed E-state index contributed by atoms with van der Waals surface area (Å²) in [5.74, 6) is 0.587. The number of likely N-dealkylation sites (tertiary alicyclic amines) is 1. The summed E-state index contributed by atoms with van der Waals surface area (Å²) < 4.78 is 0. The van der Waals surface area contributed by atoms with Crippen molar-refractivity contribution in [3.63, 3.8) is 0 Å². The quantitative estimate of drug-likeness (QED) is 0.758. The predicted molar refractivity (Wildman–Crippen MR) is 92.2 cm³/mol. The van der Waals surface area contributed by atoms with Crippen molar-refractivity contribution in [2.75, 3.05) is 25.0 Å². The fraction of sp³-hybridized carbons (Fsp3) is 0.556. The third kappa shape index (κ3) is 5.77. The van der Waals surface area contributed by atoms with Gasteiger partial charge in [-0.2, -0.15) is 0 Å². The molecule has 2 atom stereocenters. The van der Waals surface area contributed by atoms with Crippen molar-refractivity contribution in [2.24, 2.45) is 5.92 Å². The Bertz CT molecular complexity index is 533. The van der Waals surface area contributed by atoms with Crippen molar-refractivity contribution < 1.29 is 9.90 Å². The number of pyridine rings is 1. The average molecular weight is 317 g/mol. The molecule has 2 unspecified atom stereocenters. The monoisotopic (exact) mass is 317 g/mol. The van der Waals surface area contributed by atoms with Gasteiger partial charge in [0, 0.05) is 18.8 Å². The molecule has 0 bridgehead atoms. The number of anilines is 1. The summed E-state index contributed by atoms with van der Waals surface area (Å²) in [5.41, 5.74) is 0.887. The summed E-state index contributed by atoms with van der Waals surface area (Å²) in [6.07, 6.45) is 4.88. The van der Waals surface area contributed by atoms with Crippen LogP contribution in [-0.2, 0) is 4.79 Å². The van der Waals surface area contributed by atoms with Gasteiger partial charge in [-0.25, -0.2) is 4.98 Å². The minimum atomic E-state index is -0.353. The molecule has 1 aromatic rings. The number of aliphatic hydroxyl groups excluding tert-OH is 1. The summed E-state index contributed by atoms with van der Waals surface area (Å²) in [5, 5.41) is 12.9. The molecule has 1 fully saturated rings. The zero-order valence-corrected chi connectivity index (χ0v) is 13.9. The van der Waals surface area contributed by atoms with Gasteiger partial charge in [0.2, 0.25) is 5.91 Å². The van der Waals surface area contributed by atoms with Crippen LogP contribution < -0.4 is 5.32 Å². The lowest BCUT2D eigenvalue weighted by Crippen LogP contribution is -2.43. The molecule has 1 amide bonds. The second-order valence-electron chi connectivity index (χ2n) is 6.27. The highest BCUT2D eigenvalue weighted by atomic mass is 16.3. The van der Waals surface area contributed by atoms with E-state index < -0.39 is 0 Å². The molecule has 23 heavy (non-hydrogen) atoms. The Hall–Kier alpha value is -1.72. The van der Waals surface area contributed by atoms with E-state index >= 15 is 0 Å². The zero-order valence-electron chi connectivity index (χ0n) is 13.9. The number of hydrogen-bond donors (Lipinski definition) is 2. The Morgan fingerprint density at radius 2 is 2.43 bits per heavy atom. The molecule has 0 aliphatic carbocycles. The van der Waals surface area contributed by atoms with E-state index in [0.717, 1.165) is 37.9 Å². The molecule has 2 heterocycles. The van der Waals surface area contributed by atoms with Crippen LogP contribution in [0.2, 0.25) is 0 Å². The topological polar surface area (TPSA) is 65.5 Å². The number of hydrogen-bond acceptors (Lipinski definition) is 4. The van der Waals surface area contributed by atoms with E-state index in [1.165, 1.54) is 0 Å². The van der Waals surface area contributed by atoms with E-state index in [0.29, 0.717) is 18.9 Å². The van der Waals surface area contributed by atoms with Gasteiger partial charge in [0.05, 0.1) is 12.0 Å². The van der Waals surface area contributed by atoms with Crippen molar-refractivity contribution in [3.05, 3.63) is 36.5 Å². The van der Waals surface area contributed by atoms with Gasteiger partial charge in [0.25, 0.3) is 0 Å². The van der Waals surface area contributed by atoms with Crippen molar-refractivity contribution >= 4 is 11.7 Å². The third-order valence-electron chi connectivity index (χ3n) is 4.19. The van der Waals surface area contributed by atoms with Gasteiger partial charge in [-0.15, -0.1) is 6.58 Å². The minimum Gasteiger partial charge on any atom is -0.392 e. The summed E-state index contributed by atoms with van der Waals surface area (Å²) in [6.45, 7) is 7.85. The van der Waals surface area contributed by atoms with E-state index in [9.17, 15) is 9.90 Å². The zero-order chi connectivity index (χ0) is 16.7. The summed E-state index contributed by atoms with van der Waals surface area (Å²) in [6, 6.07) is 5.61. The van der Waals surface area contributed by atoms with E-state index in [2.05, 4.69) is 21.8 Å². The number of aryl methyl sites for hydroxylation is 1. The smallest absolute Gasteiger partial charge is 0.229 e. The van der Waals surface area contributed by atoms with Crippen LogP contribution in [0.1, 0.15) is 31.4 Å². The van der Waals surface area contributed by atoms with Crippen LogP contribution in [0.4, 0.5) is 5.82 Å². The molecule has 2 rings (SSSR count). The number of nitrogens with zero attached hydrogens (tertiary/aromatic N) is 2. The number of carbonyl (C=O) groups excluding carboxylic acids is 1. The molecule has 0 spiro atoms. The molecule has 0 saturated carbocycles. The highest BCUT2D eigenvalue weighted by Gasteiger charge is 2.26. The van der Waals surface area contributed by atoms with Gasteiger partial charge in [-0.1, -0.05) is 12.1 Å². The van der Waals surface area contributed by atoms with Gasteiger partial charge in [0.1, 0.15) is 5.82 Å². The molecule has 1 saturated heterocycles.